The molecule has 2 aromatic carbocycles. The quantitative estimate of drug-likeness (QED) is 0.853. The summed E-state index contributed by atoms with van der Waals surface area (Å²) < 4.78 is 12.8. The second-order valence-corrected chi connectivity index (χ2v) is 4.86. The van der Waals surface area contributed by atoms with Crippen molar-refractivity contribution < 1.29 is 9.18 Å². The number of carbonyl (C=O) groups is 1. The van der Waals surface area contributed by atoms with Gasteiger partial charge >= 0.3 is 0 Å². The molecule has 2 N–H and O–H groups in total. The second kappa shape index (κ2) is 7.50. The largest absolute Gasteiger partial charge is 0.371 e. The van der Waals surface area contributed by atoms with Crippen molar-refractivity contribution in [2.24, 2.45) is 0 Å². The van der Waals surface area contributed by atoms with E-state index in [9.17, 15) is 9.18 Å². The van der Waals surface area contributed by atoms with Gasteiger partial charge in [-0.2, -0.15) is 0 Å². The van der Waals surface area contributed by atoms with Gasteiger partial charge in [0.15, 0.2) is 4.99 Å². The predicted molar refractivity (Wildman–Crippen MR) is 85.8 cm³/mol. The molecule has 3 nitrogen and oxygen atoms in total. The van der Waals surface area contributed by atoms with Crippen LogP contribution in [-0.4, -0.2) is 17.4 Å². The van der Waals surface area contributed by atoms with E-state index in [1.807, 2.05) is 30.3 Å². The molecule has 0 atom stereocenters. The minimum Gasteiger partial charge on any atom is -0.371 e. The lowest BCUT2D eigenvalue weighted by Crippen LogP contribution is -2.34. The van der Waals surface area contributed by atoms with E-state index in [2.05, 4.69) is 10.6 Å². The van der Waals surface area contributed by atoms with Gasteiger partial charge in [0.05, 0.1) is 0 Å². The number of amides is 1. The van der Waals surface area contributed by atoms with Crippen molar-refractivity contribution in [1.29, 1.82) is 0 Å². The number of hydrogen-bond acceptors (Lipinski definition) is 2. The van der Waals surface area contributed by atoms with Crippen molar-refractivity contribution >= 4 is 28.8 Å². The highest BCUT2D eigenvalue weighted by Gasteiger charge is 2.08. The van der Waals surface area contributed by atoms with Crippen molar-refractivity contribution in [2.75, 3.05) is 11.9 Å². The molecule has 0 aromatic heterocycles. The van der Waals surface area contributed by atoms with Crippen LogP contribution in [0.15, 0.2) is 54.6 Å². The number of hydrogen-bond donors (Lipinski definition) is 2. The number of nitrogens with one attached hydrogen (secondary N) is 2. The second-order valence-electron chi connectivity index (χ2n) is 4.45. The van der Waals surface area contributed by atoms with Crippen molar-refractivity contribution in [3.63, 3.8) is 0 Å². The molecular formula is C16H15FN2OS. The minimum absolute atomic E-state index is 0.121. The Balaban J connectivity index is 1.77. The van der Waals surface area contributed by atoms with Crippen LogP contribution in [0.3, 0.4) is 0 Å². The fraction of sp³-hybridized carbons (Fsp3) is 0.125. The number of carbonyl (C=O) groups excluding carboxylic acids is 1. The molecular weight excluding hydrogens is 287 g/mol. The van der Waals surface area contributed by atoms with Crippen LogP contribution >= 0.6 is 12.2 Å². The van der Waals surface area contributed by atoms with Gasteiger partial charge in [0.1, 0.15) is 5.82 Å². The highest BCUT2D eigenvalue weighted by Crippen LogP contribution is 2.08. The first-order chi connectivity index (χ1) is 10.1. The standard InChI is InChI=1S/C16H15FN2OS/c17-13-6-8-14(9-7-13)19-15(20)16(21)18-11-10-12-4-2-1-3-5-12/h1-9H,10-11H2,(H,18,21)(H,19,20). The summed E-state index contributed by atoms with van der Waals surface area (Å²) in [5.41, 5.74) is 1.68. The lowest BCUT2D eigenvalue weighted by Gasteiger charge is -2.09. The monoisotopic (exact) mass is 302 g/mol. The number of thiocarbonyl (C=S) groups is 1. The molecule has 108 valence electrons. The molecule has 0 aliphatic heterocycles. The van der Waals surface area contributed by atoms with Crippen molar-refractivity contribution in [3.05, 3.63) is 66.0 Å². The first-order valence-electron chi connectivity index (χ1n) is 6.54. The van der Waals surface area contributed by atoms with E-state index in [4.69, 9.17) is 12.2 Å². The maximum Gasteiger partial charge on any atom is 0.283 e. The van der Waals surface area contributed by atoms with E-state index in [-0.39, 0.29) is 10.8 Å². The lowest BCUT2D eigenvalue weighted by atomic mass is 10.1. The van der Waals surface area contributed by atoms with Crippen LogP contribution in [0.2, 0.25) is 0 Å². The fourth-order valence-corrected chi connectivity index (χ4v) is 1.92. The van der Waals surface area contributed by atoms with Gasteiger partial charge in [0, 0.05) is 12.2 Å². The van der Waals surface area contributed by atoms with Crippen LogP contribution < -0.4 is 10.6 Å². The number of anilines is 1. The molecule has 0 fully saturated rings. The number of benzene rings is 2. The van der Waals surface area contributed by atoms with Crippen molar-refractivity contribution in [1.82, 2.24) is 5.32 Å². The molecule has 21 heavy (non-hydrogen) atoms. The Kier molecular flexibility index (Phi) is 5.40. The maximum absolute atomic E-state index is 12.8. The van der Waals surface area contributed by atoms with E-state index >= 15 is 0 Å². The summed E-state index contributed by atoms with van der Waals surface area (Å²) in [5.74, 6) is -0.749. The van der Waals surface area contributed by atoms with Crippen molar-refractivity contribution in [3.8, 4) is 0 Å². The van der Waals surface area contributed by atoms with E-state index < -0.39 is 5.91 Å². The molecule has 2 rings (SSSR count). The Bertz CT molecular complexity index is 614. The lowest BCUT2D eigenvalue weighted by molar-refractivity contribution is -0.110. The van der Waals surface area contributed by atoms with E-state index in [1.54, 1.807) is 0 Å². The maximum atomic E-state index is 12.8. The van der Waals surface area contributed by atoms with Gasteiger partial charge in [-0.05, 0) is 36.2 Å². The molecule has 0 aliphatic carbocycles. The van der Waals surface area contributed by atoms with Crippen LogP contribution in [0.1, 0.15) is 5.56 Å². The molecule has 0 bridgehead atoms. The third-order valence-corrected chi connectivity index (χ3v) is 3.18. The Morgan fingerprint density at radius 3 is 2.38 bits per heavy atom. The molecule has 5 heteroatoms. The number of halogens is 1. The molecule has 0 radical (unpaired) electrons. The first kappa shape index (κ1) is 15.1. The molecule has 1 amide bonds. The van der Waals surface area contributed by atoms with Gasteiger partial charge in [-0.25, -0.2) is 4.39 Å². The van der Waals surface area contributed by atoms with Crippen LogP contribution in [0.25, 0.3) is 0 Å². The normalized spacial score (nSPS) is 9.95. The van der Waals surface area contributed by atoms with E-state index in [0.717, 1.165) is 6.42 Å². The summed E-state index contributed by atoms with van der Waals surface area (Å²) in [5, 5.41) is 5.52. The third kappa shape index (κ3) is 4.96. The molecule has 0 aliphatic rings. The van der Waals surface area contributed by atoms with E-state index in [0.29, 0.717) is 12.2 Å². The minimum atomic E-state index is -0.398. The zero-order chi connectivity index (χ0) is 15.1. The molecule has 0 heterocycles. The average molecular weight is 302 g/mol. The SMILES string of the molecule is O=C(Nc1ccc(F)cc1)C(=S)NCCc1ccccc1. The summed E-state index contributed by atoms with van der Waals surface area (Å²) >= 11 is 5.02. The zero-order valence-corrected chi connectivity index (χ0v) is 12.1. The highest BCUT2D eigenvalue weighted by atomic mass is 32.1. The molecule has 0 saturated carbocycles. The summed E-state index contributed by atoms with van der Waals surface area (Å²) in [6.45, 7) is 0.583. The van der Waals surface area contributed by atoms with Crippen LogP contribution in [0.4, 0.5) is 10.1 Å². The van der Waals surface area contributed by atoms with Gasteiger partial charge in [-0.1, -0.05) is 42.5 Å². The fourth-order valence-electron chi connectivity index (χ4n) is 1.77. The van der Waals surface area contributed by atoms with E-state index in [1.165, 1.54) is 29.8 Å². The van der Waals surface area contributed by atoms with Gasteiger partial charge in [-0.15, -0.1) is 0 Å². The zero-order valence-electron chi connectivity index (χ0n) is 11.3. The van der Waals surface area contributed by atoms with Gasteiger partial charge in [-0.3, -0.25) is 4.79 Å². The summed E-state index contributed by atoms with van der Waals surface area (Å²) in [7, 11) is 0. The molecule has 0 unspecified atom stereocenters. The predicted octanol–water partition coefficient (Wildman–Crippen LogP) is 2.92. The van der Waals surface area contributed by atoms with Crippen LogP contribution in [-0.2, 0) is 11.2 Å². The Morgan fingerprint density at radius 1 is 1.05 bits per heavy atom. The highest BCUT2D eigenvalue weighted by molar-refractivity contribution is 7.82. The summed E-state index contributed by atoms with van der Waals surface area (Å²) in [4.78, 5) is 12.0. The van der Waals surface area contributed by atoms with Gasteiger partial charge < -0.3 is 10.6 Å². The Morgan fingerprint density at radius 2 is 1.71 bits per heavy atom. The Hall–Kier alpha value is -2.27. The number of rotatable bonds is 4. The summed E-state index contributed by atoms with van der Waals surface area (Å²) in [6, 6.07) is 15.5. The van der Waals surface area contributed by atoms with Gasteiger partial charge in [0.25, 0.3) is 5.91 Å². The first-order valence-corrected chi connectivity index (χ1v) is 6.94. The average Bonchev–Trinajstić information content (AvgIpc) is 2.50. The third-order valence-electron chi connectivity index (χ3n) is 2.85. The van der Waals surface area contributed by atoms with Crippen LogP contribution in [0.5, 0.6) is 0 Å². The van der Waals surface area contributed by atoms with Crippen molar-refractivity contribution in [2.45, 2.75) is 6.42 Å². The molecule has 0 saturated heterocycles. The molecule has 0 spiro atoms. The van der Waals surface area contributed by atoms with Crippen LogP contribution in [0, 0.1) is 5.82 Å². The topological polar surface area (TPSA) is 41.1 Å². The summed E-state index contributed by atoms with van der Waals surface area (Å²) in [6.07, 6.45) is 0.783. The van der Waals surface area contributed by atoms with Gasteiger partial charge in [0.2, 0.25) is 0 Å². The molecule has 2 aromatic rings. The smallest absolute Gasteiger partial charge is 0.283 e. The Labute approximate surface area is 128 Å².